The molecule has 2 rings (SSSR count). The van der Waals surface area contributed by atoms with Crippen molar-refractivity contribution in [3.8, 4) is 0 Å². The van der Waals surface area contributed by atoms with Crippen LogP contribution in [0.3, 0.4) is 0 Å². The van der Waals surface area contributed by atoms with Crippen LogP contribution in [-0.4, -0.2) is 5.25 Å². The van der Waals surface area contributed by atoms with Gasteiger partial charge in [-0.1, -0.05) is 34.8 Å². The fourth-order valence-corrected chi connectivity index (χ4v) is 3.55. The predicted octanol–water partition coefficient (Wildman–Crippen LogP) is 4.76. The highest BCUT2D eigenvalue weighted by atomic mass is 79.9. The molecule has 1 saturated carbocycles. The summed E-state index contributed by atoms with van der Waals surface area (Å²) in [6, 6.07) is 5.33. The van der Waals surface area contributed by atoms with E-state index in [1.807, 2.05) is 23.9 Å². The van der Waals surface area contributed by atoms with Crippen molar-refractivity contribution in [1.82, 2.24) is 0 Å². The lowest BCUT2D eigenvalue weighted by Crippen LogP contribution is -1.96. The van der Waals surface area contributed by atoms with E-state index in [-0.39, 0.29) is 5.82 Å². The maximum atomic E-state index is 13.5. The highest BCUT2D eigenvalue weighted by Gasteiger charge is 2.15. The molecule has 0 spiro atoms. The molecule has 0 N–H and O–H groups in total. The lowest BCUT2D eigenvalue weighted by atomic mass is 10.2. The average molecular weight is 289 g/mol. The summed E-state index contributed by atoms with van der Waals surface area (Å²) in [5.74, 6) is 0.721. The first-order chi connectivity index (χ1) is 7.25. The average Bonchev–Trinajstić information content (AvgIpc) is 2.69. The second kappa shape index (κ2) is 5.35. The minimum atomic E-state index is -0.0881. The van der Waals surface area contributed by atoms with Crippen LogP contribution < -0.4 is 0 Å². The van der Waals surface area contributed by atoms with Gasteiger partial charge in [-0.15, -0.1) is 0 Å². The molecule has 1 aliphatic rings. The summed E-state index contributed by atoms with van der Waals surface area (Å²) in [7, 11) is 0. The lowest BCUT2D eigenvalue weighted by Gasteiger charge is -2.09. The lowest BCUT2D eigenvalue weighted by molar-refractivity contribution is 0.616. The highest BCUT2D eigenvalue weighted by Crippen LogP contribution is 2.32. The monoisotopic (exact) mass is 288 g/mol. The summed E-state index contributed by atoms with van der Waals surface area (Å²) in [5, 5.41) is 0.757. The zero-order valence-corrected chi connectivity index (χ0v) is 10.9. The first-order valence-corrected chi connectivity index (χ1v) is 7.15. The van der Waals surface area contributed by atoms with Gasteiger partial charge in [-0.05, 0) is 30.5 Å². The molecule has 3 heteroatoms. The van der Waals surface area contributed by atoms with Gasteiger partial charge in [0.25, 0.3) is 0 Å². The Hall–Kier alpha value is -0.0200. The third-order valence-electron chi connectivity index (χ3n) is 2.79. The molecule has 1 aliphatic carbocycles. The zero-order valence-electron chi connectivity index (χ0n) is 8.51. The number of halogens is 2. The van der Waals surface area contributed by atoms with Crippen LogP contribution in [0.15, 0.2) is 22.7 Å². The van der Waals surface area contributed by atoms with Gasteiger partial charge < -0.3 is 0 Å². The number of hydrogen-bond donors (Lipinski definition) is 0. The molecule has 1 aromatic rings. The molecule has 0 atom stereocenters. The molecule has 82 valence electrons. The Morgan fingerprint density at radius 1 is 1.33 bits per heavy atom. The normalized spacial score (nSPS) is 17.2. The Kier molecular flexibility index (Phi) is 4.09. The van der Waals surface area contributed by atoms with E-state index in [0.717, 1.165) is 21.0 Å². The van der Waals surface area contributed by atoms with Gasteiger partial charge in [-0.2, -0.15) is 11.8 Å². The van der Waals surface area contributed by atoms with E-state index in [2.05, 4.69) is 15.9 Å². The van der Waals surface area contributed by atoms with Crippen LogP contribution in [0.4, 0.5) is 4.39 Å². The third-order valence-corrected chi connectivity index (χ3v) is 4.71. The minimum absolute atomic E-state index is 0.0881. The van der Waals surface area contributed by atoms with Gasteiger partial charge in [0.05, 0.1) is 0 Å². The SMILES string of the molecule is Fc1cc(Br)ccc1CSC1CCCC1. The predicted molar refractivity (Wildman–Crippen MR) is 67.7 cm³/mol. The first-order valence-electron chi connectivity index (χ1n) is 5.31. The quantitative estimate of drug-likeness (QED) is 0.772. The van der Waals surface area contributed by atoms with Crippen LogP contribution in [0.5, 0.6) is 0 Å². The summed E-state index contributed by atoms with van der Waals surface area (Å²) in [6.07, 6.45) is 5.31. The summed E-state index contributed by atoms with van der Waals surface area (Å²) in [4.78, 5) is 0. The molecule has 15 heavy (non-hydrogen) atoms. The maximum Gasteiger partial charge on any atom is 0.128 e. The van der Waals surface area contributed by atoms with Gasteiger partial charge >= 0.3 is 0 Å². The molecule has 0 radical (unpaired) electrons. The largest absolute Gasteiger partial charge is 0.207 e. The van der Waals surface area contributed by atoms with E-state index < -0.39 is 0 Å². The van der Waals surface area contributed by atoms with E-state index in [1.54, 1.807) is 6.07 Å². The molecule has 0 heterocycles. The van der Waals surface area contributed by atoms with E-state index in [1.165, 1.54) is 25.7 Å². The van der Waals surface area contributed by atoms with Crippen molar-refractivity contribution in [3.05, 3.63) is 34.1 Å². The number of benzene rings is 1. The van der Waals surface area contributed by atoms with Crippen LogP contribution in [0, 0.1) is 5.82 Å². The fourth-order valence-electron chi connectivity index (χ4n) is 1.90. The molecule has 0 nitrogen and oxygen atoms in total. The van der Waals surface area contributed by atoms with Gasteiger partial charge in [0, 0.05) is 15.5 Å². The number of rotatable bonds is 3. The first kappa shape index (κ1) is 11.5. The Morgan fingerprint density at radius 2 is 2.07 bits per heavy atom. The molecule has 0 aliphatic heterocycles. The fraction of sp³-hybridized carbons (Fsp3) is 0.500. The standard InChI is InChI=1S/C12H14BrFS/c13-10-6-5-9(12(14)7-10)8-15-11-3-1-2-4-11/h5-7,11H,1-4,8H2. The highest BCUT2D eigenvalue weighted by molar-refractivity contribution is 9.10. The molecular formula is C12H14BrFS. The van der Waals surface area contributed by atoms with Gasteiger partial charge in [0.15, 0.2) is 0 Å². The van der Waals surface area contributed by atoms with Crippen molar-refractivity contribution in [2.24, 2.45) is 0 Å². The van der Waals surface area contributed by atoms with Crippen LogP contribution in [-0.2, 0) is 5.75 Å². The molecule has 0 aromatic heterocycles. The summed E-state index contributed by atoms with van der Waals surface area (Å²) >= 11 is 5.17. The van der Waals surface area contributed by atoms with Gasteiger partial charge in [0.1, 0.15) is 5.82 Å². The second-order valence-electron chi connectivity index (χ2n) is 3.95. The smallest absolute Gasteiger partial charge is 0.128 e. The molecule has 1 aromatic carbocycles. The molecule has 0 bridgehead atoms. The third kappa shape index (κ3) is 3.22. The van der Waals surface area contributed by atoms with Crippen molar-refractivity contribution >= 4 is 27.7 Å². The van der Waals surface area contributed by atoms with E-state index in [4.69, 9.17) is 0 Å². The number of hydrogen-bond acceptors (Lipinski definition) is 1. The number of thioether (sulfide) groups is 1. The van der Waals surface area contributed by atoms with Crippen molar-refractivity contribution in [3.63, 3.8) is 0 Å². The minimum Gasteiger partial charge on any atom is -0.207 e. The van der Waals surface area contributed by atoms with E-state index in [9.17, 15) is 4.39 Å². The van der Waals surface area contributed by atoms with Crippen molar-refractivity contribution < 1.29 is 4.39 Å². The maximum absolute atomic E-state index is 13.5. The van der Waals surface area contributed by atoms with Crippen molar-refractivity contribution in [2.75, 3.05) is 0 Å². The Morgan fingerprint density at radius 3 is 2.73 bits per heavy atom. The Labute approximate surface area is 103 Å². The van der Waals surface area contributed by atoms with Crippen molar-refractivity contribution in [1.29, 1.82) is 0 Å². The van der Waals surface area contributed by atoms with Crippen LogP contribution in [0.2, 0.25) is 0 Å². The molecule has 0 unspecified atom stereocenters. The Bertz CT molecular complexity index is 334. The van der Waals surface area contributed by atoms with Gasteiger partial charge in [-0.25, -0.2) is 4.39 Å². The topological polar surface area (TPSA) is 0 Å². The molecule has 0 saturated heterocycles. The molecular weight excluding hydrogens is 275 g/mol. The van der Waals surface area contributed by atoms with E-state index in [0.29, 0.717) is 0 Å². The summed E-state index contributed by atoms with van der Waals surface area (Å²) in [6.45, 7) is 0. The Balaban J connectivity index is 1.92. The summed E-state index contributed by atoms with van der Waals surface area (Å²) in [5.41, 5.74) is 0.829. The zero-order chi connectivity index (χ0) is 10.7. The van der Waals surface area contributed by atoms with Crippen LogP contribution >= 0.6 is 27.7 Å². The van der Waals surface area contributed by atoms with Gasteiger partial charge in [-0.3, -0.25) is 0 Å². The van der Waals surface area contributed by atoms with Crippen LogP contribution in [0.1, 0.15) is 31.2 Å². The molecule has 0 amide bonds. The van der Waals surface area contributed by atoms with Crippen LogP contribution in [0.25, 0.3) is 0 Å². The van der Waals surface area contributed by atoms with Crippen molar-refractivity contribution in [2.45, 2.75) is 36.7 Å². The molecule has 1 fully saturated rings. The second-order valence-corrected chi connectivity index (χ2v) is 6.16. The van der Waals surface area contributed by atoms with E-state index >= 15 is 0 Å². The van der Waals surface area contributed by atoms with Gasteiger partial charge in [0.2, 0.25) is 0 Å². The summed E-state index contributed by atoms with van der Waals surface area (Å²) < 4.78 is 14.3.